The van der Waals surface area contributed by atoms with Crippen molar-refractivity contribution in [1.29, 1.82) is 0 Å². The van der Waals surface area contributed by atoms with Gasteiger partial charge in [-0.3, -0.25) is 4.57 Å². The van der Waals surface area contributed by atoms with Gasteiger partial charge < -0.3 is 14.4 Å². The Labute approximate surface area is 77.0 Å². The average Bonchev–Trinajstić information content (AvgIpc) is 2.16. The molecule has 0 aliphatic rings. The first-order valence-corrected chi connectivity index (χ1v) is 5.00. The zero-order chi connectivity index (χ0) is 9.84. The minimum absolute atomic E-state index is 0.313. The van der Waals surface area contributed by atoms with Crippen LogP contribution in [0.2, 0.25) is 0 Å². The molecule has 0 saturated heterocycles. The molecule has 0 aromatic heterocycles. The summed E-state index contributed by atoms with van der Waals surface area (Å²) in [5.41, 5.74) is 0. The highest BCUT2D eigenvalue weighted by Gasteiger charge is 2.08. The molecule has 13 heavy (non-hydrogen) atoms. The third kappa shape index (κ3) is 2.23. The summed E-state index contributed by atoms with van der Waals surface area (Å²) in [5.74, 6) is 0.981. The Hall–Kier alpha value is -0.990. The van der Waals surface area contributed by atoms with Gasteiger partial charge in [0.1, 0.15) is 11.5 Å². The normalized spacial score (nSPS) is 12.2. The summed E-state index contributed by atoms with van der Waals surface area (Å²) in [4.78, 5) is 8.92. The monoisotopic (exact) mass is 202 g/mol. The van der Waals surface area contributed by atoms with E-state index >= 15 is 0 Å². The number of ether oxygens (including phenoxy) is 2. The quantitative estimate of drug-likeness (QED) is 0.736. The molecule has 0 saturated carbocycles. The highest BCUT2D eigenvalue weighted by Crippen LogP contribution is 2.25. The molecule has 1 atom stereocenters. The maximum absolute atomic E-state index is 10.8. The average molecular weight is 202 g/mol. The maximum Gasteiger partial charge on any atom is 0.221 e. The van der Waals surface area contributed by atoms with E-state index < -0.39 is 8.03 Å². The van der Waals surface area contributed by atoms with Crippen LogP contribution in [0, 0.1) is 0 Å². The minimum Gasteiger partial charge on any atom is -0.497 e. The van der Waals surface area contributed by atoms with Crippen LogP contribution >= 0.6 is 8.03 Å². The molecule has 4 nitrogen and oxygen atoms in total. The Bertz CT molecular complexity index is 324. The Kier molecular flexibility index (Phi) is 3.34. The number of rotatable bonds is 3. The molecule has 0 bridgehead atoms. The van der Waals surface area contributed by atoms with E-state index in [1.165, 1.54) is 20.3 Å². The van der Waals surface area contributed by atoms with Gasteiger partial charge in [0.05, 0.1) is 19.5 Å². The molecule has 1 aromatic carbocycles. The van der Waals surface area contributed by atoms with Crippen LogP contribution in [-0.2, 0) is 4.57 Å². The molecular weight excluding hydrogens is 191 g/mol. The van der Waals surface area contributed by atoms with Gasteiger partial charge >= 0.3 is 0 Å². The molecule has 0 amide bonds. The topological polar surface area (TPSA) is 55.8 Å². The van der Waals surface area contributed by atoms with E-state index in [1.807, 2.05) is 0 Å². The summed E-state index contributed by atoms with van der Waals surface area (Å²) >= 11 is 0. The molecule has 0 spiro atoms. The van der Waals surface area contributed by atoms with Gasteiger partial charge in [0, 0.05) is 6.07 Å². The van der Waals surface area contributed by atoms with Crippen LogP contribution < -0.4 is 14.8 Å². The second kappa shape index (κ2) is 4.30. The van der Waals surface area contributed by atoms with Crippen LogP contribution in [-0.4, -0.2) is 19.1 Å². The smallest absolute Gasteiger partial charge is 0.221 e. The SMILES string of the molecule is COc1ccc([PH](=O)O)c(OC)c1. The molecule has 5 heteroatoms. The van der Waals surface area contributed by atoms with Crippen LogP contribution in [0.15, 0.2) is 18.2 Å². The van der Waals surface area contributed by atoms with Crippen LogP contribution in [0.3, 0.4) is 0 Å². The first kappa shape index (κ1) is 10.1. The van der Waals surface area contributed by atoms with E-state index in [0.717, 1.165) is 0 Å². The number of hydrogen-bond acceptors (Lipinski definition) is 3. The van der Waals surface area contributed by atoms with Gasteiger partial charge in [0.15, 0.2) is 0 Å². The van der Waals surface area contributed by atoms with Gasteiger partial charge in [0.25, 0.3) is 0 Å². The molecule has 0 fully saturated rings. The second-order valence-electron chi connectivity index (χ2n) is 2.37. The van der Waals surface area contributed by atoms with Crippen molar-refractivity contribution in [3.05, 3.63) is 18.2 Å². The van der Waals surface area contributed by atoms with Crippen molar-refractivity contribution in [3.63, 3.8) is 0 Å². The molecule has 0 aliphatic heterocycles. The summed E-state index contributed by atoms with van der Waals surface area (Å²) in [6, 6.07) is 4.73. The van der Waals surface area contributed by atoms with Crippen LogP contribution in [0.5, 0.6) is 11.5 Å². The summed E-state index contributed by atoms with van der Waals surface area (Å²) in [5, 5.41) is 0.313. The molecule has 0 radical (unpaired) electrons. The highest BCUT2D eigenvalue weighted by atomic mass is 31.1. The van der Waals surface area contributed by atoms with E-state index in [9.17, 15) is 4.57 Å². The van der Waals surface area contributed by atoms with Crippen molar-refractivity contribution >= 4 is 13.3 Å². The first-order chi connectivity index (χ1) is 6.19. The molecule has 1 rings (SSSR count). The van der Waals surface area contributed by atoms with E-state index in [0.29, 0.717) is 16.8 Å². The summed E-state index contributed by atoms with van der Waals surface area (Å²) in [6.07, 6.45) is 0. The fraction of sp³-hybridized carbons (Fsp3) is 0.250. The molecular formula is C8H11O4P. The Balaban J connectivity index is 3.15. The maximum atomic E-state index is 10.8. The van der Waals surface area contributed by atoms with Gasteiger partial charge in [-0.05, 0) is 12.1 Å². The largest absolute Gasteiger partial charge is 0.497 e. The zero-order valence-corrected chi connectivity index (χ0v) is 8.40. The zero-order valence-electron chi connectivity index (χ0n) is 7.40. The van der Waals surface area contributed by atoms with E-state index in [4.69, 9.17) is 14.4 Å². The Morgan fingerprint density at radius 2 is 2.00 bits per heavy atom. The number of benzene rings is 1. The van der Waals surface area contributed by atoms with Gasteiger partial charge in [-0.2, -0.15) is 0 Å². The van der Waals surface area contributed by atoms with Crippen molar-refractivity contribution in [2.45, 2.75) is 0 Å². The lowest BCUT2D eigenvalue weighted by Crippen LogP contribution is -2.02. The third-order valence-electron chi connectivity index (χ3n) is 1.64. The van der Waals surface area contributed by atoms with Crippen LogP contribution in [0.25, 0.3) is 0 Å². The van der Waals surface area contributed by atoms with Crippen molar-refractivity contribution < 1.29 is 18.9 Å². The third-order valence-corrected chi connectivity index (χ3v) is 2.51. The summed E-state index contributed by atoms with van der Waals surface area (Å²) in [6.45, 7) is 0. The lowest BCUT2D eigenvalue weighted by atomic mass is 10.3. The van der Waals surface area contributed by atoms with Gasteiger partial charge in [-0.1, -0.05) is 0 Å². The molecule has 1 aromatic rings. The molecule has 1 N–H and O–H groups in total. The fourth-order valence-corrected chi connectivity index (χ4v) is 1.59. The van der Waals surface area contributed by atoms with E-state index in [-0.39, 0.29) is 0 Å². The highest BCUT2D eigenvalue weighted by molar-refractivity contribution is 7.47. The lowest BCUT2D eigenvalue weighted by Gasteiger charge is -2.07. The Morgan fingerprint density at radius 3 is 2.46 bits per heavy atom. The number of methoxy groups -OCH3 is 2. The minimum atomic E-state index is -2.71. The van der Waals surface area contributed by atoms with E-state index in [1.54, 1.807) is 12.1 Å². The molecule has 1 unspecified atom stereocenters. The molecule has 0 heterocycles. The second-order valence-corrected chi connectivity index (χ2v) is 3.52. The van der Waals surface area contributed by atoms with Crippen molar-refractivity contribution in [2.75, 3.05) is 14.2 Å². The predicted octanol–water partition coefficient (Wildman–Crippen LogP) is 0.796. The lowest BCUT2D eigenvalue weighted by molar-refractivity contribution is 0.396. The Morgan fingerprint density at radius 1 is 1.31 bits per heavy atom. The van der Waals surface area contributed by atoms with Crippen molar-refractivity contribution in [3.8, 4) is 11.5 Å². The first-order valence-electron chi connectivity index (χ1n) is 3.64. The summed E-state index contributed by atoms with van der Waals surface area (Å²) in [7, 11) is 0.263. The van der Waals surface area contributed by atoms with Gasteiger partial charge in [0.2, 0.25) is 8.03 Å². The standard InChI is InChI=1S/C8H11O4P/c1-11-6-3-4-8(13(9)10)7(5-6)12-2/h3-5,13H,1-2H3,(H,9,10). The molecule has 0 aliphatic carbocycles. The van der Waals surface area contributed by atoms with Crippen molar-refractivity contribution in [2.24, 2.45) is 0 Å². The predicted molar refractivity (Wildman–Crippen MR) is 50.4 cm³/mol. The number of hydrogen-bond donors (Lipinski definition) is 1. The van der Waals surface area contributed by atoms with E-state index in [2.05, 4.69) is 0 Å². The molecule has 72 valence electrons. The van der Waals surface area contributed by atoms with Crippen molar-refractivity contribution in [1.82, 2.24) is 0 Å². The van der Waals surface area contributed by atoms with Crippen LogP contribution in [0.1, 0.15) is 0 Å². The fourth-order valence-electron chi connectivity index (χ4n) is 0.975. The summed E-state index contributed by atoms with van der Waals surface area (Å²) < 4.78 is 20.7. The van der Waals surface area contributed by atoms with Crippen LogP contribution in [0.4, 0.5) is 0 Å². The van der Waals surface area contributed by atoms with Gasteiger partial charge in [-0.25, -0.2) is 0 Å². The van der Waals surface area contributed by atoms with Gasteiger partial charge in [-0.15, -0.1) is 0 Å².